The Labute approximate surface area is 190 Å². The molecule has 0 fully saturated rings. The van der Waals surface area contributed by atoms with Crippen LogP contribution in [0.3, 0.4) is 0 Å². The van der Waals surface area contributed by atoms with Gasteiger partial charge in [-0.1, -0.05) is 17.7 Å². The van der Waals surface area contributed by atoms with Crippen molar-refractivity contribution in [2.45, 2.75) is 44.1 Å². The maximum atomic E-state index is 12.4. The minimum atomic E-state index is -0.992. The van der Waals surface area contributed by atoms with Gasteiger partial charge >= 0.3 is 6.09 Å². The van der Waals surface area contributed by atoms with Gasteiger partial charge in [-0.05, 0) is 83.7 Å². The van der Waals surface area contributed by atoms with Gasteiger partial charge in [-0.15, -0.1) is 0 Å². The largest absolute Gasteiger partial charge is 0.492 e. The molecule has 0 aliphatic carbocycles. The Morgan fingerprint density at radius 1 is 1.14 bits per heavy atom. The quantitative estimate of drug-likeness (QED) is 0.416. The number of cyclic esters (lactones) is 1. The van der Waals surface area contributed by atoms with E-state index in [4.69, 9.17) is 9.47 Å². The molecular weight excluding hydrogens is 522 g/mol. The van der Waals surface area contributed by atoms with E-state index >= 15 is 0 Å². The smallest absolute Gasteiger partial charge is 0.412 e. The van der Waals surface area contributed by atoms with Crippen LogP contribution in [0.15, 0.2) is 44.2 Å². The van der Waals surface area contributed by atoms with Gasteiger partial charge < -0.3 is 9.47 Å². The Bertz CT molecular complexity index is 945. The van der Waals surface area contributed by atoms with Crippen molar-refractivity contribution in [3.8, 4) is 5.75 Å². The van der Waals surface area contributed by atoms with Crippen LogP contribution in [-0.4, -0.2) is 22.7 Å². The molecule has 0 aromatic heterocycles. The number of rotatable bonds is 7. The van der Waals surface area contributed by atoms with Gasteiger partial charge in [-0.3, -0.25) is 9.53 Å². The topological polar surface area (TPSA) is 64.6 Å². The summed E-state index contributed by atoms with van der Waals surface area (Å²) in [7, 11) is -0.992. The number of unbranched alkanes of at least 4 members (excludes halogenated alkanes) is 1. The number of carbonyl (C=O) groups is 1. The Morgan fingerprint density at radius 3 is 2.52 bits per heavy atom. The van der Waals surface area contributed by atoms with E-state index in [0.717, 1.165) is 37.8 Å². The summed E-state index contributed by atoms with van der Waals surface area (Å²) in [4.78, 5) is 12.6. The number of hydrogen-bond acceptors (Lipinski definition) is 4. The average Bonchev–Trinajstić information content (AvgIpc) is 2.65. The molecule has 8 heteroatoms. The zero-order valence-electron chi connectivity index (χ0n) is 16.5. The number of amides is 1. The molecular formula is C21H23Br2NO4S. The first-order valence-electron chi connectivity index (χ1n) is 9.29. The zero-order valence-corrected chi connectivity index (χ0v) is 20.5. The van der Waals surface area contributed by atoms with Crippen LogP contribution >= 0.6 is 31.9 Å². The molecule has 0 spiro atoms. The van der Waals surface area contributed by atoms with Crippen LogP contribution in [0.4, 0.5) is 10.5 Å². The molecule has 1 unspecified atom stereocenters. The highest BCUT2D eigenvalue weighted by atomic mass is 79.9. The summed E-state index contributed by atoms with van der Waals surface area (Å²) in [6.45, 7) is 6.20. The number of nitrogens with one attached hydrogen (secondary N) is 1. The lowest BCUT2D eigenvalue weighted by Crippen LogP contribution is -2.35. The van der Waals surface area contributed by atoms with E-state index in [1.807, 2.05) is 51.1 Å². The van der Waals surface area contributed by atoms with Gasteiger partial charge in [0.15, 0.2) is 0 Å². The first kappa shape index (κ1) is 22.3. The van der Waals surface area contributed by atoms with Crippen molar-refractivity contribution in [2.24, 2.45) is 0 Å². The van der Waals surface area contributed by atoms with E-state index < -0.39 is 22.5 Å². The van der Waals surface area contributed by atoms with E-state index in [1.165, 1.54) is 0 Å². The molecule has 2 aromatic rings. The van der Waals surface area contributed by atoms with Crippen molar-refractivity contribution < 1.29 is 18.5 Å². The molecule has 29 heavy (non-hydrogen) atoms. The highest BCUT2D eigenvalue weighted by Crippen LogP contribution is 2.47. The standard InChI is InChI=1S/C21H23Br2NO4S/c1-13-6-8-14(9-7-13)29(26)11-5-4-10-27-16-12-15-19(18(23)17(16)22)24-20(25)28-21(15,2)3/h6-9,12H,4-5,10-11H2,1-3H3,(H,24,25). The van der Waals surface area contributed by atoms with Crippen molar-refractivity contribution in [3.05, 3.63) is 50.4 Å². The van der Waals surface area contributed by atoms with Crippen LogP contribution in [0.1, 0.15) is 37.8 Å². The number of hydrogen-bond donors (Lipinski definition) is 1. The first-order chi connectivity index (χ1) is 13.7. The maximum absolute atomic E-state index is 12.4. The van der Waals surface area contributed by atoms with Crippen LogP contribution in [0.25, 0.3) is 0 Å². The molecule has 0 radical (unpaired) electrons. The number of aryl methyl sites for hydroxylation is 1. The van der Waals surface area contributed by atoms with Crippen molar-refractivity contribution in [1.82, 2.24) is 0 Å². The molecule has 0 saturated heterocycles. The fourth-order valence-corrected chi connectivity index (χ4v) is 5.12. The molecule has 2 aromatic carbocycles. The van der Waals surface area contributed by atoms with E-state index in [1.54, 1.807) is 0 Å². The van der Waals surface area contributed by atoms with E-state index in [0.29, 0.717) is 23.8 Å². The summed E-state index contributed by atoms with van der Waals surface area (Å²) < 4.78 is 25.2. The fraction of sp³-hybridized carbons (Fsp3) is 0.381. The van der Waals surface area contributed by atoms with Crippen LogP contribution in [-0.2, 0) is 21.1 Å². The van der Waals surface area contributed by atoms with Crippen molar-refractivity contribution >= 4 is 54.4 Å². The maximum Gasteiger partial charge on any atom is 0.412 e. The minimum absolute atomic E-state index is 0.481. The predicted octanol–water partition coefficient (Wildman–Crippen LogP) is 6.28. The van der Waals surface area contributed by atoms with Crippen LogP contribution in [0.5, 0.6) is 5.75 Å². The lowest BCUT2D eigenvalue weighted by atomic mass is 9.94. The molecule has 1 amide bonds. The predicted molar refractivity (Wildman–Crippen MR) is 122 cm³/mol. The van der Waals surface area contributed by atoms with Crippen molar-refractivity contribution in [3.63, 3.8) is 0 Å². The third-order valence-corrected chi connectivity index (χ3v) is 8.23. The second-order valence-electron chi connectivity index (χ2n) is 7.37. The van der Waals surface area contributed by atoms with Gasteiger partial charge in [0.25, 0.3) is 0 Å². The summed E-state index contributed by atoms with van der Waals surface area (Å²) in [5, 5.41) is 2.73. The number of carbonyl (C=O) groups excluding carboxylic acids is 1. The van der Waals surface area contributed by atoms with Crippen LogP contribution in [0, 0.1) is 6.92 Å². The fourth-order valence-electron chi connectivity index (χ4n) is 3.04. The Hall–Kier alpha value is -1.38. The molecule has 156 valence electrons. The van der Waals surface area contributed by atoms with Gasteiger partial charge in [-0.2, -0.15) is 0 Å². The molecule has 0 bridgehead atoms. The number of anilines is 1. The number of fused-ring (bicyclic) bond motifs is 1. The molecule has 1 aliphatic heterocycles. The van der Waals surface area contributed by atoms with Gasteiger partial charge in [0, 0.05) is 16.2 Å². The Kier molecular flexibility index (Phi) is 7.06. The number of ether oxygens (including phenoxy) is 2. The monoisotopic (exact) mass is 543 g/mol. The highest BCUT2D eigenvalue weighted by Gasteiger charge is 2.36. The average molecular weight is 545 g/mol. The number of halogens is 2. The third-order valence-electron chi connectivity index (χ3n) is 4.66. The lowest BCUT2D eigenvalue weighted by molar-refractivity contribution is 0.0417. The molecule has 1 atom stereocenters. The minimum Gasteiger partial charge on any atom is -0.492 e. The van der Waals surface area contributed by atoms with Gasteiger partial charge in [0.2, 0.25) is 0 Å². The summed E-state index contributed by atoms with van der Waals surface area (Å²) in [5.74, 6) is 1.28. The van der Waals surface area contributed by atoms with E-state index in [2.05, 4.69) is 37.2 Å². The first-order valence-corrected chi connectivity index (χ1v) is 12.2. The van der Waals surface area contributed by atoms with Gasteiger partial charge in [0.05, 0.1) is 32.0 Å². The van der Waals surface area contributed by atoms with Crippen molar-refractivity contribution in [2.75, 3.05) is 17.7 Å². The Morgan fingerprint density at radius 2 is 1.83 bits per heavy atom. The molecule has 5 nitrogen and oxygen atoms in total. The molecule has 1 N–H and O–H groups in total. The van der Waals surface area contributed by atoms with Crippen molar-refractivity contribution in [1.29, 1.82) is 0 Å². The molecule has 0 saturated carbocycles. The molecule has 1 heterocycles. The highest BCUT2D eigenvalue weighted by molar-refractivity contribution is 9.13. The van der Waals surface area contributed by atoms with E-state index in [9.17, 15) is 9.00 Å². The summed E-state index contributed by atoms with van der Waals surface area (Å²) in [6.07, 6.45) is 1.11. The molecule has 1 aliphatic rings. The normalized spacial score (nSPS) is 15.8. The van der Waals surface area contributed by atoms with Gasteiger partial charge in [-0.25, -0.2) is 4.79 Å². The summed E-state index contributed by atoms with van der Waals surface area (Å²) in [5.41, 5.74) is 1.92. The number of benzene rings is 2. The molecule has 3 rings (SSSR count). The Balaban J connectivity index is 1.59. The van der Waals surface area contributed by atoms with Crippen LogP contribution in [0.2, 0.25) is 0 Å². The SMILES string of the molecule is Cc1ccc(S(=O)CCCCOc2cc3c(c(Br)c2Br)NC(=O)OC3(C)C)cc1. The summed E-state index contributed by atoms with van der Waals surface area (Å²) in [6, 6.07) is 9.69. The second kappa shape index (κ2) is 9.18. The zero-order chi connectivity index (χ0) is 21.2. The van der Waals surface area contributed by atoms with Crippen LogP contribution < -0.4 is 10.1 Å². The summed E-state index contributed by atoms with van der Waals surface area (Å²) >= 11 is 7.06. The second-order valence-corrected chi connectivity index (χ2v) is 10.5. The van der Waals surface area contributed by atoms with Gasteiger partial charge in [0.1, 0.15) is 11.4 Å². The third kappa shape index (κ3) is 5.22. The lowest BCUT2D eigenvalue weighted by Gasteiger charge is -2.33. The van der Waals surface area contributed by atoms with E-state index in [-0.39, 0.29) is 0 Å².